The van der Waals surface area contributed by atoms with Gasteiger partial charge in [0.05, 0.1) is 28.0 Å². The van der Waals surface area contributed by atoms with Crippen LogP contribution in [0, 0.1) is 11.3 Å². The van der Waals surface area contributed by atoms with Gasteiger partial charge in [0.1, 0.15) is 10.9 Å². The van der Waals surface area contributed by atoms with Crippen LogP contribution < -0.4 is 15.4 Å². The fraction of sp³-hybridized carbons (Fsp3) is 0.500. The summed E-state index contributed by atoms with van der Waals surface area (Å²) in [6, 6.07) is 12.1. The van der Waals surface area contributed by atoms with Crippen molar-refractivity contribution in [2.75, 3.05) is 38.6 Å². The monoisotopic (exact) mass is 613 g/mol. The zero-order valence-electron chi connectivity index (χ0n) is 24.3. The molecule has 3 heterocycles. The van der Waals surface area contributed by atoms with Crippen LogP contribution in [0.4, 0.5) is 10.5 Å². The molecule has 5 rings (SSSR count). The van der Waals surface area contributed by atoms with E-state index in [-0.39, 0.29) is 22.6 Å². The highest BCUT2D eigenvalue weighted by Crippen LogP contribution is 2.36. The molecule has 3 N–H and O–H groups in total. The summed E-state index contributed by atoms with van der Waals surface area (Å²) < 4.78 is 36.2. The molecule has 42 heavy (non-hydrogen) atoms. The molecule has 226 valence electrons. The number of ether oxygens (including phenoxy) is 1. The third-order valence-corrected chi connectivity index (χ3v) is 10.6. The van der Waals surface area contributed by atoms with Crippen LogP contribution in [-0.2, 0) is 32.4 Å². The maximum absolute atomic E-state index is 13.9. The summed E-state index contributed by atoms with van der Waals surface area (Å²) in [5.41, 5.74) is 2.40. The first-order valence-corrected chi connectivity index (χ1v) is 16.7. The number of alkyl carbamates (subject to hydrolysis) is 1. The van der Waals surface area contributed by atoms with Crippen LogP contribution in [-0.4, -0.2) is 69.6 Å². The molecule has 0 unspecified atom stereocenters. The second-order valence-electron chi connectivity index (χ2n) is 11.9. The number of likely N-dealkylation sites (tertiary alicyclic amines) is 1. The topological polar surface area (TPSA) is 130 Å². The fourth-order valence-electron chi connectivity index (χ4n) is 5.78. The molecule has 0 spiro atoms. The fourth-order valence-corrected chi connectivity index (χ4v) is 8.21. The minimum Gasteiger partial charge on any atom is -0.453 e. The van der Waals surface area contributed by atoms with E-state index in [1.807, 2.05) is 30.3 Å². The lowest BCUT2D eigenvalue weighted by Gasteiger charge is -2.35. The van der Waals surface area contributed by atoms with Crippen molar-refractivity contribution in [3.63, 3.8) is 0 Å². The van der Waals surface area contributed by atoms with E-state index in [0.29, 0.717) is 42.8 Å². The number of aromatic nitrogens is 1. The van der Waals surface area contributed by atoms with E-state index in [1.54, 1.807) is 17.0 Å². The number of hydrogen-bond donors (Lipinski definition) is 3. The molecule has 1 atom stereocenters. The van der Waals surface area contributed by atoms with E-state index < -0.39 is 22.2 Å². The molecule has 1 aromatic heterocycles. The quantitative estimate of drug-likeness (QED) is 0.330. The van der Waals surface area contributed by atoms with Crippen LogP contribution in [0.3, 0.4) is 0 Å². The number of benzene rings is 2. The second kappa shape index (κ2) is 12.6. The Morgan fingerprint density at radius 1 is 1.17 bits per heavy atom. The summed E-state index contributed by atoms with van der Waals surface area (Å²) in [6.07, 6.45) is 2.82. The number of rotatable bonds is 9. The van der Waals surface area contributed by atoms with E-state index in [2.05, 4.69) is 33.9 Å². The van der Waals surface area contributed by atoms with Crippen LogP contribution in [0.2, 0.25) is 0 Å². The van der Waals surface area contributed by atoms with Gasteiger partial charge in [-0.2, -0.15) is 4.72 Å². The van der Waals surface area contributed by atoms with Gasteiger partial charge in [-0.15, -0.1) is 11.3 Å². The number of hydrogen-bond acceptors (Lipinski definition) is 8. The molecule has 2 aromatic carbocycles. The normalized spacial score (nSPS) is 17.7. The Morgan fingerprint density at radius 2 is 1.93 bits per heavy atom. The number of sulfonamides is 1. The van der Waals surface area contributed by atoms with E-state index in [1.165, 1.54) is 18.4 Å². The van der Waals surface area contributed by atoms with Crippen molar-refractivity contribution in [1.29, 1.82) is 0 Å². The molecular formula is C30H39N5O5S2. The van der Waals surface area contributed by atoms with Gasteiger partial charge in [-0.05, 0) is 60.8 Å². The van der Waals surface area contributed by atoms with Crippen molar-refractivity contribution in [2.45, 2.75) is 56.9 Å². The van der Waals surface area contributed by atoms with Gasteiger partial charge in [0, 0.05) is 32.6 Å². The summed E-state index contributed by atoms with van der Waals surface area (Å²) in [7, 11) is -2.71. The summed E-state index contributed by atoms with van der Waals surface area (Å²) in [6.45, 7) is 6.51. The number of amides is 2. The van der Waals surface area contributed by atoms with Crippen LogP contribution in [0.25, 0.3) is 10.2 Å². The third kappa shape index (κ3) is 7.04. The van der Waals surface area contributed by atoms with Gasteiger partial charge in [-0.1, -0.05) is 38.1 Å². The highest BCUT2D eigenvalue weighted by Gasteiger charge is 2.35. The maximum Gasteiger partial charge on any atom is 0.406 e. The Hall–Kier alpha value is -3.22. The van der Waals surface area contributed by atoms with Crippen molar-refractivity contribution in [1.82, 2.24) is 19.9 Å². The van der Waals surface area contributed by atoms with Gasteiger partial charge < -0.3 is 20.3 Å². The predicted octanol–water partition coefficient (Wildman–Crippen LogP) is 4.16. The van der Waals surface area contributed by atoms with Gasteiger partial charge in [0.25, 0.3) is 0 Å². The van der Waals surface area contributed by atoms with Gasteiger partial charge in [0.15, 0.2) is 0 Å². The van der Waals surface area contributed by atoms with Gasteiger partial charge in [-0.25, -0.2) is 18.2 Å². The number of methoxy groups -OCH3 is 1. The first-order chi connectivity index (χ1) is 20.0. The van der Waals surface area contributed by atoms with Crippen molar-refractivity contribution >= 4 is 49.3 Å². The van der Waals surface area contributed by atoms with Crippen molar-refractivity contribution in [3.05, 3.63) is 53.0 Å². The van der Waals surface area contributed by atoms with Crippen LogP contribution in [0.5, 0.6) is 0 Å². The van der Waals surface area contributed by atoms with E-state index in [0.717, 1.165) is 41.5 Å². The number of fused-ring (bicyclic) bond motifs is 2. The summed E-state index contributed by atoms with van der Waals surface area (Å²) in [4.78, 5) is 31.9. The zero-order chi connectivity index (χ0) is 29.9. The maximum atomic E-state index is 13.9. The van der Waals surface area contributed by atoms with Crippen molar-refractivity contribution < 1.29 is 22.7 Å². The van der Waals surface area contributed by atoms with E-state index in [4.69, 9.17) is 4.98 Å². The molecule has 3 aromatic rings. The first kappa shape index (κ1) is 30.2. The SMILES string of the molecule is COC(=O)NCCC1CCN(C(=O)[C@H](Cc2nc3ccccc3s2)NS(=O)(=O)c2cccc3c2NCC(C)(C)C3)CC1. The molecular weight excluding hydrogens is 574 g/mol. The van der Waals surface area contributed by atoms with Gasteiger partial charge in [-0.3, -0.25) is 4.79 Å². The number of piperidine rings is 1. The lowest BCUT2D eigenvalue weighted by atomic mass is 9.82. The summed E-state index contributed by atoms with van der Waals surface area (Å²) in [5.74, 6) is 0.111. The lowest BCUT2D eigenvalue weighted by molar-refractivity contribution is -0.134. The van der Waals surface area contributed by atoms with Gasteiger partial charge >= 0.3 is 6.09 Å². The Labute approximate surface area is 251 Å². The molecule has 1 saturated heterocycles. The van der Waals surface area contributed by atoms with E-state index >= 15 is 0 Å². The number of thiazole rings is 1. The molecule has 0 saturated carbocycles. The smallest absolute Gasteiger partial charge is 0.406 e. The molecule has 0 radical (unpaired) electrons. The minimum absolute atomic E-state index is 0.00958. The number of nitrogens with one attached hydrogen (secondary N) is 3. The molecule has 0 aliphatic carbocycles. The molecule has 2 aliphatic rings. The molecule has 2 amide bonds. The highest BCUT2D eigenvalue weighted by molar-refractivity contribution is 7.89. The highest BCUT2D eigenvalue weighted by atomic mass is 32.2. The average molecular weight is 614 g/mol. The lowest BCUT2D eigenvalue weighted by Crippen LogP contribution is -2.51. The molecule has 1 fully saturated rings. The van der Waals surface area contributed by atoms with E-state index in [9.17, 15) is 18.0 Å². The average Bonchev–Trinajstić information content (AvgIpc) is 3.38. The predicted molar refractivity (Wildman–Crippen MR) is 164 cm³/mol. The Kier molecular flexibility index (Phi) is 9.05. The zero-order valence-corrected chi connectivity index (χ0v) is 25.9. The Morgan fingerprint density at radius 3 is 2.67 bits per heavy atom. The molecule has 10 nitrogen and oxygen atoms in total. The summed E-state index contributed by atoms with van der Waals surface area (Å²) in [5, 5.41) is 6.75. The van der Waals surface area contributed by atoms with Crippen molar-refractivity contribution in [2.24, 2.45) is 11.3 Å². The van der Waals surface area contributed by atoms with Crippen LogP contribution >= 0.6 is 11.3 Å². The van der Waals surface area contributed by atoms with Crippen LogP contribution in [0.15, 0.2) is 47.4 Å². The number of carbonyl (C=O) groups excluding carboxylic acids is 2. The number of nitrogens with zero attached hydrogens (tertiary/aromatic N) is 2. The Bertz CT molecular complexity index is 1510. The minimum atomic E-state index is -4.04. The molecule has 12 heteroatoms. The van der Waals surface area contributed by atoms with Crippen LogP contribution in [0.1, 0.15) is 43.7 Å². The second-order valence-corrected chi connectivity index (χ2v) is 14.7. The largest absolute Gasteiger partial charge is 0.453 e. The Balaban J connectivity index is 1.35. The van der Waals surface area contributed by atoms with Gasteiger partial charge in [0.2, 0.25) is 15.9 Å². The number of carbonyl (C=O) groups is 2. The summed E-state index contributed by atoms with van der Waals surface area (Å²) >= 11 is 1.47. The first-order valence-electron chi connectivity index (χ1n) is 14.4. The third-order valence-electron chi connectivity index (χ3n) is 8.06. The molecule has 0 bridgehead atoms. The number of anilines is 1. The number of para-hydroxylation sites is 2. The standard InChI is InChI=1S/C30H39N5O5S2/c1-30(2)18-21-7-6-10-25(27(21)32-19-30)42(38,39)34-23(17-26-33-22-8-4-5-9-24(22)41-26)28(36)35-15-12-20(13-16-35)11-14-31-29(37)40-3/h4-10,20,23,32,34H,11-19H2,1-3H3,(H,31,37)/t23-/m0/s1. The van der Waals surface area contributed by atoms with Crippen molar-refractivity contribution in [3.8, 4) is 0 Å². The molecule has 2 aliphatic heterocycles.